The Morgan fingerprint density at radius 1 is 1.09 bits per heavy atom. The van der Waals surface area contributed by atoms with E-state index in [0.717, 1.165) is 12.0 Å². The minimum absolute atomic E-state index is 0.117. The van der Waals surface area contributed by atoms with Gasteiger partial charge in [-0.3, -0.25) is 4.79 Å². The van der Waals surface area contributed by atoms with Crippen LogP contribution in [0, 0.1) is 0 Å². The topological polar surface area (TPSA) is 38.3 Å². The molecular weight excluding hydrogens is 274 g/mol. The van der Waals surface area contributed by atoms with Gasteiger partial charge in [-0.2, -0.15) is 0 Å². The molecule has 0 fully saturated rings. The molecule has 2 rings (SSSR count). The zero-order valence-corrected chi connectivity index (χ0v) is 12.8. The van der Waals surface area contributed by atoms with E-state index in [2.05, 4.69) is 24.0 Å². The third-order valence-electron chi connectivity index (χ3n) is 3.15. The van der Waals surface area contributed by atoms with Gasteiger partial charge in [0.15, 0.2) is 0 Å². The Kier molecular flexibility index (Phi) is 5.78. The van der Waals surface area contributed by atoms with E-state index in [-0.39, 0.29) is 5.91 Å². The van der Waals surface area contributed by atoms with Gasteiger partial charge >= 0.3 is 0 Å². The fourth-order valence-electron chi connectivity index (χ4n) is 2.04. The van der Waals surface area contributed by atoms with Gasteiger partial charge in [-0.05, 0) is 36.6 Å². The Bertz CT molecular complexity index is 635. The van der Waals surface area contributed by atoms with Crippen LogP contribution in [0.3, 0.4) is 0 Å². The average Bonchev–Trinajstić information content (AvgIpc) is 2.54. The maximum Gasteiger partial charge on any atom is 0.255 e. The number of benzene rings is 2. The second-order valence-corrected chi connectivity index (χ2v) is 5.23. The Hall–Kier alpha value is -2.55. The average molecular weight is 295 g/mol. The van der Waals surface area contributed by atoms with E-state index >= 15 is 0 Å². The van der Waals surface area contributed by atoms with Crippen molar-refractivity contribution in [1.82, 2.24) is 5.32 Å². The largest absolute Gasteiger partial charge is 0.488 e. The summed E-state index contributed by atoms with van der Waals surface area (Å²) in [4.78, 5) is 12.3. The predicted octanol–water partition coefficient (Wildman–Crippen LogP) is 3.61. The molecule has 0 saturated carbocycles. The highest BCUT2D eigenvalue weighted by Crippen LogP contribution is 2.18. The van der Waals surface area contributed by atoms with Crippen LogP contribution in [0.2, 0.25) is 0 Å². The van der Waals surface area contributed by atoms with Crippen molar-refractivity contribution < 1.29 is 9.53 Å². The Morgan fingerprint density at radius 2 is 1.77 bits per heavy atom. The highest BCUT2D eigenvalue weighted by atomic mass is 16.5. The van der Waals surface area contributed by atoms with E-state index in [1.54, 1.807) is 12.1 Å². The molecule has 0 saturated heterocycles. The van der Waals surface area contributed by atoms with E-state index < -0.39 is 0 Å². The zero-order valence-electron chi connectivity index (χ0n) is 12.8. The van der Waals surface area contributed by atoms with Crippen LogP contribution in [0.1, 0.15) is 22.8 Å². The molecule has 0 radical (unpaired) electrons. The number of rotatable bonds is 7. The minimum atomic E-state index is -0.117. The lowest BCUT2D eigenvalue weighted by molar-refractivity contribution is 0.0950. The summed E-state index contributed by atoms with van der Waals surface area (Å²) in [5.74, 6) is 0.468. The van der Waals surface area contributed by atoms with Crippen molar-refractivity contribution >= 4 is 5.91 Å². The maximum atomic E-state index is 12.3. The summed E-state index contributed by atoms with van der Waals surface area (Å²) in [5, 5.41) is 2.93. The molecule has 0 aliphatic carbocycles. The summed E-state index contributed by atoms with van der Waals surface area (Å²) in [6.45, 7) is 6.70. The van der Waals surface area contributed by atoms with Gasteiger partial charge in [-0.25, -0.2) is 0 Å². The Balaban J connectivity index is 1.93. The SMILES string of the molecule is C=C(C)COc1ccccc1C(=O)NCCc1ccccc1. The summed E-state index contributed by atoms with van der Waals surface area (Å²) >= 11 is 0. The molecule has 0 unspecified atom stereocenters. The molecule has 0 bridgehead atoms. The Morgan fingerprint density at radius 3 is 2.50 bits per heavy atom. The smallest absolute Gasteiger partial charge is 0.255 e. The van der Waals surface area contributed by atoms with E-state index in [1.165, 1.54) is 5.56 Å². The standard InChI is InChI=1S/C19H21NO2/c1-15(2)14-22-18-11-7-6-10-17(18)19(21)20-13-12-16-8-4-3-5-9-16/h3-11H,1,12-14H2,2H3,(H,20,21). The summed E-state index contributed by atoms with van der Waals surface area (Å²) in [7, 11) is 0. The third kappa shape index (κ3) is 4.77. The number of ether oxygens (including phenoxy) is 1. The van der Waals surface area contributed by atoms with Gasteiger partial charge in [0.2, 0.25) is 0 Å². The lowest BCUT2D eigenvalue weighted by Gasteiger charge is -2.11. The van der Waals surface area contributed by atoms with Crippen molar-refractivity contribution in [3.8, 4) is 5.75 Å². The summed E-state index contributed by atoms with van der Waals surface area (Å²) < 4.78 is 5.62. The van der Waals surface area contributed by atoms with Crippen molar-refractivity contribution in [2.75, 3.05) is 13.2 Å². The molecule has 1 N–H and O–H groups in total. The molecule has 0 aliphatic heterocycles. The van der Waals surface area contributed by atoms with Gasteiger partial charge < -0.3 is 10.1 Å². The summed E-state index contributed by atoms with van der Waals surface area (Å²) in [6, 6.07) is 17.3. The minimum Gasteiger partial charge on any atom is -0.488 e. The van der Waals surface area contributed by atoms with Crippen molar-refractivity contribution in [2.24, 2.45) is 0 Å². The molecule has 0 heterocycles. The van der Waals surface area contributed by atoms with Crippen molar-refractivity contribution in [1.29, 1.82) is 0 Å². The number of carbonyl (C=O) groups is 1. The molecule has 2 aromatic rings. The molecule has 0 atom stereocenters. The molecule has 1 amide bonds. The summed E-state index contributed by atoms with van der Waals surface area (Å²) in [6.07, 6.45) is 0.807. The number of amides is 1. The molecule has 3 nitrogen and oxygen atoms in total. The van der Waals surface area contributed by atoms with Crippen molar-refractivity contribution in [3.63, 3.8) is 0 Å². The van der Waals surface area contributed by atoms with E-state index in [4.69, 9.17) is 4.74 Å². The lowest BCUT2D eigenvalue weighted by Crippen LogP contribution is -2.26. The van der Waals surface area contributed by atoms with Gasteiger partial charge in [0.25, 0.3) is 5.91 Å². The van der Waals surface area contributed by atoms with E-state index in [1.807, 2.05) is 37.3 Å². The summed E-state index contributed by atoms with van der Waals surface area (Å²) in [5.41, 5.74) is 2.67. The molecule has 22 heavy (non-hydrogen) atoms. The number of nitrogens with one attached hydrogen (secondary N) is 1. The van der Waals surface area contributed by atoms with Crippen LogP contribution in [-0.4, -0.2) is 19.1 Å². The van der Waals surface area contributed by atoms with Crippen molar-refractivity contribution in [3.05, 3.63) is 77.9 Å². The normalized spacial score (nSPS) is 10.0. The second-order valence-electron chi connectivity index (χ2n) is 5.23. The second kappa shape index (κ2) is 8.03. The van der Waals surface area contributed by atoms with Gasteiger partial charge in [0, 0.05) is 6.54 Å². The van der Waals surface area contributed by atoms with Crippen LogP contribution >= 0.6 is 0 Å². The van der Waals surface area contributed by atoms with E-state index in [0.29, 0.717) is 24.5 Å². The highest BCUT2D eigenvalue weighted by molar-refractivity contribution is 5.96. The van der Waals surface area contributed by atoms with Gasteiger partial charge in [0.05, 0.1) is 5.56 Å². The molecule has 0 spiro atoms. The van der Waals surface area contributed by atoms with Crippen LogP contribution in [0.25, 0.3) is 0 Å². The predicted molar refractivity (Wildman–Crippen MR) is 89.2 cm³/mol. The van der Waals surface area contributed by atoms with Gasteiger partial charge in [-0.15, -0.1) is 0 Å². The molecule has 2 aromatic carbocycles. The van der Waals surface area contributed by atoms with Crippen LogP contribution in [0.15, 0.2) is 66.7 Å². The van der Waals surface area contributed by atoms with Crippen LogP contribution < -0.4 is 10.1 Å². The number of hydrogen-bond acceptors (Lipinski definition) is 2. The van der Waals surface area contributed by atoms with E-state index in [9.17, 15) is 4.79 Å². The number of para-hydroxylation sites is 1. The van der Waals surface area contributed by atoms with Crippen LogP contribution in [0.5, 0.6) is 5.75 Å². The fraction of sp³-hybridized carbons (Fsp3) is 0.211. The molecular formula is C19H21NO2. The van der Waals surface area contributed by atoms with Crippen LogP contribution in [-0.2, 0) is 6.42 Å². The first-order chi connectivity index (χ1) is 10.7. The lowest BCUT2D eigenvalue weighted by atomic mass is 10.1. The van der Waals surface area contributed by atoms with Crippen molar-refractivity contribution in [2.45, 2.75) is 13.3 Å². The molecule has 114 valence electrons. The monoisotopic (exact) mass is 295 g/mol. The molecule has 3 heteroatoms. The molecule has 0 aromatic heterocycles. The first-order valence-corrected chi connectivity index (χ1v) is 7.35. The third-order valence-corrected chi connectivity index (χ3v) is 3.15. The van der Waals surface area contributed by atoms with Gasteiger partial charge in [0.1, 0.15) is 12.4 Å². The molecule has 0 aliphatic rings. The first-order valence-electron chi connectivity index (χ1n) is 7.35. The highest BCUT2D eigenvalue weighted by Gasteiger charge is 2.11. The number of hydrogen-bond donors (Lipinski definition) is 1. The van der Waals surface area contributed by atoms with Gasteiger partial charge in [-0.1, -0.05) is 49.0 Å². The zero-order chi connectivity index (χ0) is 15.8. The maximum absolute atomic E-state index is 12.3. The Labute approximate surface area is 131 Å². The van der Waals surface area contributed by atoms with Crippen LogP contribution in [0.4, 0.5) is 0 Å². The first kappa shape index (κ1) is 15.8. The number of carbonyl (C=O) groups excluding carboxylic acids is 1. The quantitative estimate of drug-likeness (QED) is 0.792. The fourth-order valence-corrected chi connectivity index (χ4v) is 2.04.